The van der Waals surface area contributed by atoms with E-state index in [2.05, 4.69) is 41.2 Å². The highest BCUT2D eigenvalue weighted by Gasteiger charge is 2.32. The predicted molar refractivity (Wildman–Crippen MR) is 100 cm³/mol. The van der Waals surface area contributed by atoms with Gasteiger partial charge in [0.05, 0.1) is 4.75 Å². The summed E-state index contributed by atoms with van der Waals surface area (Å²) >= 11 is 0. The maximum absolute atomic E-state index is 12.2. The molecule has 1 aliphatic carbocycles. The average Bonchev–Trinajstić information content (AvgIpc) is 2.49. The van der Waals surface area contributed by atoms with Crippen LogP contribution in [0.4, 0.5) is 0 Å². The van der Waals surface area contributed by atoms with Gasteiger partial charge in [-0.2, -0.15) is 0 Å². The quantitative estimate of drug-likeness (QED) is 0.825. The molecular formula is C19H32N2O2S. The van der Waals surface area contributed by atoms with Gasteiger partial charge in [0.25, 0.3) is 0 Å². The molecule has 2 rings (SSSR count). The Kier molecular flexibility index (Phi) is 6.46. The molecule has 1 aromatic rings. The Bertz CT molecular complexity index is 627. The molecule has 0 bridgehead atoms. The Morgan fingerprint density at radius 2 is 1.71 bits per heavy atom. The highest BCUT2D eigenvalue weighted by Crippen LogP contribution is 2.26. The van der Waals surface area contributed by atoms with Crippen LogP contribution in [0.3, 0.4) is 0 Å². The zero-order valence-corrected chi connectivity index (χ0v) is 16.2. The minimum atomic E-state index is -3.24. The number of hydrogen-bond donors (Lipinski definition) is 2. The monoisotopic (exact) mass is 352 g/mol. The molecule has 5 heteroatoms. The van der Waals surface area contributed by atoms with Crippen LogP contribution >= 0.6 is 0 Å². The fraction of sp³-hybridized carbons (Fsp3) is 0.684. The first kappa shape index (κ1) is 19.4. The first-order valence-electron chi connectivity index (χ1n) is 8.96. The summed E-state index contributed by atoms with van der Waals surface area (Å²) < 4.78 is 26.6. The van der Waals surface area contributed by atoms with E-state index in [0.717, 1.165) is 38.8 Å². The summed E-state index contributed by atoms with van der Waals surface area (Å²) in [5.74, 6) is 0.643. The molecule has 0 heterocycles. The number of sulfonamides is 1. The smallest absolute Gasteiger partial charge is 0.216 e. The van der Waals surface area contributed by atoms with E-state index in [1.165, 1.54) is 11.1 Å². The maximum atomic E-state index is 12.2. The van der Waals surface area contributed by atoms with Crippen molar-refractivity contribution in [3.05, 3.63) is 35.4 Å². The molecule has 0 unspecified atom stereocenters. The van der Waals surface area contributed by atoms with Crippen LogP contribution in [0.2, 0.25) is 0 Å². The maximum Gasteiger partial charge on any atom is 0.216 e. The number of rotatable bonds is 6. The number of hydrogen-bond acceptors (Lipinski definition) is 3. The van der Waals surface area contributed by atoms with Crippen molar-refractivity contribution in [2.24, 2.45) is 5.92 Å². The zero-order valence-electron chi connectivity index (χ0n) is 15.4. The first-order valence-corrected chi connectivity index (χ1v) is 10.4. The third kappa shape index (κ3) is 5.30. The Labute approximate surface area is 147 Å². The summed E-state index contributed by atoms with van der Waals surface area (Å²) in [5.41, 5.74) is 2.68. The lowest BCUT2D eigenvalue weighted by Crippen LogP contribution is -2.46. The van der Waals surface area contributed by atoms with Gasteiger partial charge in [-0.15, -0.1) is 0 Å². The van der Waals surface area contributed by atoms with Gasteiger partial charge >= 0.3 is 0 Å². The number of aryl methyl sites for hydroxylation is 1. The second-order valence-electron chi connectivity index (χ2n) is 8.01. The summed E-state index contributed by atoms with van der Waals surface area (Å²) in [6.07, 6.45) is 4.04. The normalized spacial score (nSPS) is 22.5. The van der Waals surface area contributed by atoms with Crippen molar-refractivity contribution in [2.45, 2.75) is 70.7 Å². The molecule has 0 spiro atoms. The third-order valence-electron chi connectivity index (χ3n) is 4.98. The van der Waals surface area contributed by atoms with Gasteiger partial charge in [-0.3, -0.25) is 0 Å². The summed E-state index contributed by atoms with van der Waals surface area (Å²) in [4.78, 5) is 0. The summed E-state index contributed by atoms with van der Waals surface area (Å²) in [7, 11) is -3.24. The third-order valence-corrected chi connectivity index (χ3v) is 7.24. The lowest BCUT2D eigenvalue weighted by atomic mass is 9.86. The molecule has 1 aliphatic rings. The van der Waals surface area contributed by atoms with Crippen molar-refractivity contribution in [2.75, 3.05) is 6.54 Å². The molecule has 1 aromatic carbocycles. The predicted octanol–water partition coefficient (Wildman–Crippen LogP) is 3.36. The highest BCUT2D eigenvalue weighted by atomic mass is 32.2. The Morgan fingerprint density at radius 1 is 1.08 bits per heavy atom. The molecule has 0 atom stereocenters. The van der Waals surface area contributed by atoms with Crippen molar-refractivity contribution in [1.29, 1.82) is 0 Å². The Hall–Kier alpha value is -0.910. The summed E-state index contributed by atoms with van der Waals surface area (Å²) in [5, 5.41) is 3.56. The van der Waals surface area contributed by atoms with E-state index in [4.69, 9.17) is 0 Å². The van der Waals surface area contributed by atoms with Crippen LogP contribution in [0, 0.1) is 12.8 Å². The van der Waals surface area contributed by atoms with Crippen LogP contribution in [0.5, 0.6) is 0 Å². The van der Waals surface area contributed by atoms with E-state index in [-0.39, 0.29) is 6.04 Å². The highest BCUT2D eigenvalue weighted by molar-refractivity contribution is 7.90. The molecule has 0 radical (unpaired) electrons. The van der Waals surface area contributed by atoms with Crippen LogP contribution in [0.25, 0.3) is 0 Å². The van der Waals surface area contributed by atoms with E-state index in [1.54, 1.807) is 20.8 Å². The Balaban J connectivity index is 1.73. The molecule has 2 N–H and O–H groups in total. The van der Waals surface area contributed by atoms with Crippen LogP contribution < -0.4 is 10.0 Å². The lowest BCUT2D eigenvalue weighted by molar-refractivity contribution is 0.301. The zero-order chi connectivity index (χ0) is 17.8. The molecule has 0 amide bonds. The van der Waals surface area contributed by atoms with Crippen molar-refractivity contribution >= 4 is 10.0 Å². The number of nitrogens with one attached hydrogen (secondary N) is 2. The molecule has 4 nitrogen and oxygen atoms in total. The van der Waals surface area contributed by atoms with Gasteiger partial charge in [0, 0.05) is 12.6 Å². The Morgan fingerprint density at radius 3 is 2.29 bits per heavy atom. The van der Waals surface area contributed by atoms with Gasteiger partial charge in [-0.05, 0) is 77.0 Å². The minimum absolute atomic E-state index is 0.0989. The second-order valence-corrected chi connectivity index (χ2v) is 10.5. The standard InChI is InChI=1S/C19H32N2O2S/c1-15-7-5-6-8-17(15)14-20-13-16-9-11-18(12-10-16)21-24(22,23)19(2,3)4/h5-8,16,18,20-21H,9-14H2,1-4H3. The minimum Gasteiger partial charge on any atom is -0.312 e. The lowest BCUT2D eigenvalue weighted by Gasteiger charge is -2.31. The topological polar surface area (TPSA) is 58.2 Å². The molecule has 1 fully saturated rings. The van der Waals surface area contributed by atoms with E-state index in [1.807, 2.05) is 0 Å². The molecule has 1 saturated carbocycles. The number of benzene rings is 1. The van der Waals surface area contributed by atoms with E-state index < -0.39 is 14.8 Å². The van der Waals surface area contributed by atoms with Gasteiger partial charge < -0.3 is 5.32 Å². The molecule has 0 saturated heterocycles. The summed E-state index contributed by atoms with van der Waals surface area (Å²) in [6, 6.07) is 8.56. The molecule has 0 aliphatic heterocycles. The van der Waals surface area contributed by atoms with Gasteiger partial charge in [0.1, 0.15) is 0 Å². The second kappa shape index (κ2) is 7.98. The fourth-order valence-corrected chi connectivity index (χ4v) is 4.13. The average molecular weight is 353 g/mol. The molecule has 24 heavy (non-hydrogen) atoms. The van der Waals surface area contributed by atoms with E-state index in [9.17, 15) is 8.42 Å². The van der Waals surface area contributed by atoms with Crippen LogP contribution in [0.1, 0.15) is 57.6 Å². The molecule has 0 aromatic heterocycles. The molecular weight excluding hydrogens is 320 g/mol. The van der Waals surface area contributed by atoms with Crippen LogP contribution in [-0.2, 0) is 16.6 Å². The molecule has 136 valence electrons. The summed E-state index contributed by atoms with van der Waals surface area (Å²) in [6.45, 7) is 9.29. The van der Waals surface area contributed by atoms with Gasteiger partial charge in [-0.1, -0.05) is 24.3 Å². The SMILES string of the molecule is Cc1ccccc1CNCC1CCC(NS(=O)(=O)C(C)(C)C)CC1. The van der Waals surface area contributed by atoms with Crippen LogP contribution in [0.15, 0.2) is 24.3 Å². The van der Waals surface area contributed by atoms with Gasteiger partial charge in [0.2, 0.25) is 10.0 Å². The van der Waals surface area contributed by atoms with Gasteiger partial charge in [-0.25, -0.2) is 13.1 Å². The van der Waals surface area contributed by atoms with Gasteiger partial charge in [0.15, 0.2) is 0 Å². The van der Waals surface area contributed by atoms with E-state index in [0.29, 0.717) is 5.92 Å². The largest absolute Gasteiger partial charge is 0.312 e. The fourth-order valence-electron chi connectivity index (χ4n) is 3.10. The van der Waals surface area contributed by atoms with Crippen LogP contribution in [-0.4, -0.2) is 25.8 Å². The van der Waals surface area contributed by atoms with Crippen molar-refractivity contribution < 1.29 is 8.42 Å². The van der Waals surface area contributed by atoms with Crippen molar-refractivity contribution in [3.63, 3.8) is 0 Å². The first-order chi connectivity index (χ1) is 11.2. The van der Waals surface area contributed by atoms with Crippen molar-refractivity contribution in [1.82, 2.24) is 10.0 Å². The van der Waals surface area contributed by atoms with E-state index >= 15 is 0 Å². The van der Waals surface area contributed by atoms with Crippen molar-refractivity contribution in [3.8, 4) is 0 Å².